The molecule has 0 aromatic heterocycles. The SMILES string of the molecule is Cc1cccc(C(=O)C(C)Cl)c1[N+](=O)[O-]. The largest absolute Gasteiger partial charge is 0.292 e. The summed E-state index contributed by atoms with van der Waals surface area (Å²) in [6.45, 7) is 3.09. The summed E-state index contributed by atoms with van der Waals surface area (Å²) >= 11 is 5.62. The molecule has 0 fully saturated rings. The van der Waals surface area contributed by atoms with E-state index in [9.17, 15) is 14.9 Å². The number of nitro benzene ring substituents is 1. The monoisotopic (exact) mass is 227 g/mol. The lowest BCUT2D eigenvalue weighted by atomic mass is 10.0. The van der Waals surface area contributed by atoms with Crippen LogP contribution in [0.1, 0.15) is 22.8 Å². The zero-order chi connectivity index (χ0) is 11.6. The topological polar surface area (TPSA) is 60.2 Å². The van der Waals surface area contributed by atoms with Crippen LogP contribution in [0, 0.1) is 17.0 Å². The van der Waals surface area contributed by atoms with Crippen LogP contribution in [-0.2, 0) is 0 Å². The summed E-state index contributed by atoms with van der Waals surface area (Å²) < 4.78 is 0. The van der Waals surface area contributed by atoms with Crippen molar-refractivity contribution in [3.8, 4) is 0 Å². The van der Waals surface area contributed by atoms with E-state index in [0.717, 1.165) is 0 Å². The Hall–Kier alpha value is -1.42. The van der Waals surface area contributed by atoms with Gasteiger partial charge in [0.2, 0.25) is 0 Å². The van der Waals surface area contributed by atoms with E-state index in [2.05, 4.69) is 0 Å². The van der Waals surface area contributed by atoms with Gasteiger partial charge in [-0.3, -0.25) is 14.9 Å². The van der Waals surface area contributed by atoms with Crippen molar-refractivity contribution in [1.29, 1.82) is 0 Å². The maximum absolute atomic E-state index is 11.6. The molecule has 0 saturated carbocycles. The number of aryl methyl sites for hydroxylation is 1. The van der Waals surface area contributed by atoms with E-state index >= 15 is 0 Å². The smallest absolute Gasteiger partial charge is 0.283 e. The summed E-state index contributed by atoms with van der Waals surface area (Å²) in [5, 5.41) is 10.0. The highest BCUT2D eigenvalue weighted by Crippen LogP contribution is 2.25. The number of rotatable bonds is 3. The molecule has 0 spiro atoms. The summed E-state index contributed by atoms with van der Waals surface area (Å²) in [5.41, 5.74) is 0.376. The molecule has 0 radical (unpaired) electrons. The van der Waals surface area contributed by atoms with Gasteiger partial charge in [-0.2, -0.15) is 0 Å². The molecule has 15 heavy (non-hydrogen) atoms. The van der Waals surface area contributed by atoms with E-state index in [-0.39, 0.29) is 11.3 Å². The lowest BCUT2D eigenvalue weighted by molar-refractivity contribution is -0.385. The molecule has 80 valence electrons. The molecule has 0 aliphatic rings. The van der Waals surface area contributed by atoms with Crippen LogP contribution in [0.4, 0.5) is 5.69 Å². The molecule has 0 heterocycles. The first-order chi connectivity index (χ1) is 6.95. The van der Waals surface area contributed by atoms with Gasteiger partial charge in [-0.05, 0) is 19.9 Å². The van der Waals surface area contributed by atoms with Crippen molar-refractivity contribution in [3.63, 3.8) is 0 Å². The Kier molecular flexibility index (Phi) is 3.42. The molecule has 1 aromatic carbocycles. The van der Waals surface area contributed by atoms with Crippen LogP contribution in [0.15, 0.2) is 18.2 Å². The predicted octanol–water partition coefficient (Wildman–Crippen LogP) is 2.71. The minimum absolute atomic E-state index is 0.0718. The highest BCUT2D eigenvalue weighted by molar-refractivity contribution is 6.34. The number of nitro groups is 1. The first-order valence-corrected chi connectivity index (χ1v) is 4.81. The minimum atomic E-state index is -0.759. The van der Waals surface area contributed by atoms with Crippen molar-refractivity contribution in [3.05, 3.63) is 39.4 Å². The van der Waals surface area contributed by atoms with Crippen LogP contribution >= 0.6 is 11.6 Å². The molecule has 0 bridgehead atoms. The Bertz CT molecular complexity index is 415. The first kappa shape index (κ1) is 11.7. The zero-order valence-electron chi connectivity index (χ0n) is 8.36. The van der Waals surface area contributed by atoms with Crippen LogP contribution in [0.2, 0.25) is 0 Å². The van der Waals surface area contributed by atoms with Crippen molar-refractivity contribution in [2.24, 2.45) is 0 Å². The molecule has 4 nitrogen and oxygen atoms in total. The van der Waals surface area contributed by atoms with Crippen LogP contribution in [0.3, 0.4) is 0 Å². The fourth-order valence-corrected chi connectivity index (χ4v) is 1.43. The Morgan fingerprint density at radius 2 is 2.13 bits per heavy atom. The van der Waals surface area contributed by atoms with Crippen molar-refractivity contribution in [2.45, 2.75) is 19.2 Å². The van der Waals surface area contributed by atoms with Gasteiger partial charge >= 0.3 is 0 Å². The maximum atomic E-state index is 11.6. The molecule has 1 unspecified atom stereocenters. The molecule has 0 aliphatic heterocycles. The van der Waals surface area contributed by atoms with Gasteiger partial charge in [-0.1, -0.05) is 12.1 Å². The third kappa shape index (κ3) is 2.33. The Morgan fingerprint density at radius 3 is 2.60 bits per heavy atom. The van der Waals surface area contributed by atoms with E-state index in [1.54, 1.807) is 19.1 Å². The Morgan fingerprint density at radius 1 is 1.53 bits per heavy atom. The van der Waals surface area contributed by atoms with E-state index in [1.807, 2.05) is 0 Å². The van der Waals surface area contributed by atoms with Gasteiger partial charge < -0.3 is 0 Å². The van der Waals surface area contributed by atoms with Gasteiger partial charge in [0.15, 0.2) is 5.78 Å². The van der Waals surface area contributed by atoms with Gasteiger partial charge in [0.25, 0.3) is 5.69 Å². The summed E-state index contributed by atoms with van der Waals surface area (Å²) in [6.07, 6.45) is 0. The number of alkyl halides is 1. The molecule has 1 atom stereocenters. The second-order valence-electron chi connectivity index (χ2n) is 3.21. The fraction of sp³-hybridized carbons (Fsp3) is 0.300. The third-order valence-corrected chi connectivity index (χ3v) is 2.25. The number of Topliss-reactive ketones (excluding diaryl/α,β-unsaturated/α-hetero) is 1. The maximum Gasteiger partial charge on any atom is 0.283 e. The van der Waals surface area contributed by atoms with Crippen molar-refractivity contribution in [2.75, 3.05) is 0 Å². The number of hydrogen-bond acceptors (Lipinski definition) is 3. The van der Waals surface area contributed by atoms with Crippen LogP contribution in [0.25, 0.3) is 0 Å². The number of carbonyl (C=O) groups excluding carboxylic acids is 1. The summed E-state index contributed by atoms with van der Waals surface area (Å²) in [7, 11) is 0. The minimum Gasteiger partial charge on any atom is -0.292 e. The van der Waals surface area contributed by atoms with Gasteiger partial charge in [0, 0.05) is 5.56 Å². The lowest BCUT2D eigenvalue weighted by Gasteiger charge is -2.05. The van der Waals surface area contributed by atoms with E-state index < -0.39 is 16.1 Å². The molecular weight excluding hydrogens is 218 g/mol. The highest BCUT2D eigenvalue weighted by atomic mass is 35.5. The number of ketones is 1. The predicted molar refractivity (Wildman–Crippen MR) is 57.5 cm³/mol. The second-order valence-corrected chi connectivity index (χ2v) is 3.86. The molecular formula is C10H10ClNO3. The average Bonchev–Trinajstić information content (AvgIpc) is 2.15. The van der Waals surface area contributed by atoms with Gasteiger partial charge in [-0.15, -0.1) is 11.6 Å². The normalized spacial score (nSPS) is 12.2. The molecule has 0 amide bonds. The Balaban J connectivity index is 3.35. The van der Waals surface area contributed by atoms with Crippen molar-refractivity contribution >= 4 is 23.1 Å². The number of halogens is 1. The van der Waals surface area contributed by atoms with Gasteiger partial charge in [-0.25, -0.2) is 0 Å². The number of hydrogen-bond donors (Lipinski definition) is 0. The van der Waals surface area contributed by atoms with Crippen LogP contribution < -0.4 is 0 Å². The van der Waals surface area contributed by atoms with Gasteiger partial charge in [0.05, 0.1) is 15.9 Å². The van der Waals surface area contributed by atoms with E-state index in [1.165, 1.54) is 13.0 Å². The summed E-state index contributed by atoms with van der Waals surface area (Å²) in [4.78, 5) is 21.8. The summed E-state index contributed by atoms with van der Waals surface area (Å²) in [6, 6.07) is 4.62. The molecule has 0 saturated heterocycles. The van der Waals surface area contributed by atoms with Crippen molar-refractivity contribution in [1.82, 2.24) is 0 Å². The Labute approximate surface area is 92.0 Å². The summed E-state index contributed by atoms with van der Waals surface area (Å²) in [5.74, 6) is -0.424. The standard InChI is InChI=1S/C10H10ClNO3/c1-6-4-3-5-8(9(6)12(14)15)10(13)7(2)11/h3-5,7H,1-2H3. The molecule has 1 aromatic rings. The number of carbonyl (C=O) groups is 1. The second kappa shape index (κ2) is 4.40. The lowest BCUT2D eigenvalue weighted by Crippen LogP contribution is -2.13. The molecule has 0 N–H and O–H groups in total. The average molecular weight is 228 g/mol. The zero-order valence-corrected chi connectivity index (χ0v) is 9.12. The van der Waals surface area contributed by atoms with E-state index in [0.29, 0.717) is 5.56 Å². The highest BCUT2D eigenvalue weighted by Gasteiger charge is 2.24. The first-order valence-electron chi connectivity index (χ1n) is 4.37. The number of para-hydroxylation sites is 1. The third-order valence-electron chi connectivity index (χ3n) is 2.05. The van der Waals surface area contributed by atoms with Crippen LogP contribution in [-0.4, -0.2) is 16.1 Å². The van der Waals surface area contributed by atoms with Gasteiger partial charge in [0.1, 0.15) is 0 Å². The van der Waals surface area contributed by atoms with Crippen LogP contribution in [0.5, 0.6) is 0 Å². The molecule has 5 heteroatoms. The fourth-order valence-electron chi connectivity index (χ4n) is 1.31. The molecule has 0 aliphatic carbocycles. The van der Waals surface area contributed by atoms with Crippen molar-refractivity contribution < 1.29 is 9.72 Å². The number of benzene rings is 1. The number of nitrogens with zero attached hydrogens (tertiary/aromatic N) is 1. The quantitative estimate of drug-likeness (QED) is 0.345. The van der Waals surface area contributed by atoms with E-state index in [4.69, 9.17) is 11.6 Å². The molecule has 1 rings (SSSR count).